The van der Waals surface area contributed by atoms with Gasteiger partial charge in [0.2, 0.25) is 0 Å². The normalized spacial score (nSPS) is 19.8. The lowest BCUT2D eigenvalue weighted by Crippen LogP contribution is -2.53. The third-order valence-electron chi connectivity index (χ3n) is 9.93. The third-order valence-corrected chi connectivity index (χ3v) is 9.93. The summed E-state index contributed by atoms with van der Waals surface area (Å²) < 4.78 is 13.3. The van der Waals surface area contributed by atoms with E-state index in [1.54, 1.807) is 24.3 Å². The predicted octanol–water partition coefficient (Wildman–Crippen LogP) is 10.2. The van der Waals surface area contributed by atoms with Gasteiger partial charge in [0.15, 0.2) is 12.2 Å². The van der Waals surface area contributed by atoms with Gasteiger partial charge in [0, 0.05) is 0 Å². The van der Waals surface area contributed by atoms with Gasteiger partial charge in [-0.05, 0) is 92.4 Å². The molecule has 4 aromatic rings. The highest BCUT2D eigenvalue weighted by atomic mass is 16.6. The van der Waals surface area contributed by atoms with Gasteiger partial charge in [0.05, 0.1) is 23.0 Å². The molecule has 0 aliphatic heterocycles. The first-order valence-electron chi connectivity index (χ1n) is 16.9. The van der Waals surface area contributed by atoms with Crippen LogP contribution in [0.5, 0.6) is 0 Å². The lowest BCUT2D eigenvalue weighted by Gasteiger charge is -2.52. The monoisotopic (exact) mass is 614 g/mol. The highest BCUT2D eigenvalue weighted by Gasteiger charge is 2.57. The number of ether oxygens (including phenoxy) is 2. The molecule has 0 N–H and O–H groups in total. The molecule has 0 amide bonds. The zero-order valence-corrected chi connectivity index (χ0v) is 28.3. The number of hydrogen-bond donors (Lipinski definition) is 0. The smallest absolute Gasteiger partial charge is 0.338 e. The van der Waals surface area contributed by atoms with Crippen molar-refractivity contribution in [2.75, 3.05) is 0 Å². The van der Waals surface area contributed by atoms with E-state index in [9.17, 15) is 9.59 Å². The van der Waals surface area contributed by atoms with Gasteiger partial charge in [0.1, 0.15) is 0 Å². The van der Waals surface area contributed by atoms with E-state index in [0.29, 0.717) is 11.1 Å². The van der Waals surface area contributed by atoms with Gasteiger partial charge in [-0.1, -0.05) is 116 Å². The summed E-state index contributed by atoms with van der Waals surface area (Å²) in [6.07, 6.45) is -1.41. The summed E-state index contributed by atoms with van der Waals surface area (Å²) in [6.45, 7) is 17.9. The zero-order valence-electron chi connectivity index (χ0n) is 28.3. The van der Waals surface area contributed by atoms with Crippen LogP contribution in [0.2, 0.25) is 0 Å². The molecule has 3 aliphatic rings. The maximum atomic E-state index is 13.9. The summed E-state index contributed by atoms with van der Waals surface area (Å²) in [6, 6.07) is 27.4. The molecule has 3 aliphatic carbocycles. The molecule has 46 heavy (non-hydrogen) atoms. The lowest BCUT2D eigenvalue weighted by molar-refractivity contribution is -0.0563. The Morgan fingerprint density at radius 1 is 0.435 bits per heavy atom. The molecule has 7 rings (SSSR count). The first-order valence-corrected chi connectivity index (χ1v) is 16.9. The van der Waals surface area contributed by atoms with Crippen LogP contribution in [0.15, 0.2) is 84.9 Å². The molecule has 4 nitrogen and oxygen atoms in total. The Labute approximate surface area is 274 Å². The molecular weight excluding hydrogens is 568 g/mol. The molecule has 0 saturated heterocycles. The van der Waals surface area contributed by atoms with Gasteiger partial charge < -0.3 is 9.47 Å². The summed E-state index contributed by atoms with van der Waals surface area (Å²) in [5.41, 5.74) is 11.0. The quantitative estimate of drug-likeness (QED) is 0.185. The van der Waals surface area contributed by atoms with Crippen molar-refractivity contribution in [1.29, 1.82) is 0 Å². The topological polar surface area (TPSA) is 52.6 Å². The lowest BCUT2D eigenvalue weighted by atomic mass is 9.55. The standard InChI is InChI=1S/C42H46O4/c1-23(2)29-19-20-30(24(3)4)34-33(29)37-35-31(25(5)6)21-22-32(26(7)8)36(35)38(34)40(46-42(44)28-17-13-10-14-18-28)39(37)45-41(43)27-15-11-9-12-16-27/h9-26,37-40H,1-8H3/t37-,38-,39?,40?. The van der Waals surface area contributed by atoms with Crippen molar-refractivity contribution in [2.45, 2.75) is 103 Å². The van der Waals surface area contributed by atoms with Crippen molar-refractivity contribution < 1.29 is 19.1 Å². The van der Waals surface area contributed by atoms with E-state index in [1.807, 2.05) is 36.4 Å². The van der Waals surface area contributed by atoms with Crippen LogP contribution in [-0.4, -0.2) is 24.1 Å². The zero-order chi connectivity index (χ0) is 32.9. The summed E-state index contributed by atoms with van der Waals surface area (Å²) in [5, 5.41) is 0. The Balaban J connectivity index is 1.68. The summed E-state index contributed by atoms with van der Waals surface area (Å²) in [4.78, 5) is 27.9. The van der Waals surface area contributed by atoms with Crippen molar-refractivity contribution in [3.05, 3.63) is 141 Å². The summed E-state index contributed by atoms with van der Waals surface area (Å²) >= 11 is 0. The second kappa shape index (κ2) is 12.5. The van der Waals surface area contributed by atoms with Gasteiger partial charge in [-0.2, -0.15) is 0 Å². The average Bonchev–Trinajstić information content (AvgIpc) is 3.04. The number of fused-ring (bicyclic) bond motifs is 1. The number of rotatable bonds is 8. The minimum absolute atomic E-state index is 0.254. The van der Waals surface area contributed by atoms with Crippen LogP contribution >= 0.6 is 0 Å². The fourth-order valence-corrected chi connectivity index (χ4v) is 7.87. The number of carbonyl (C=O) groups is 2. The van der Waals surface area contributed by atoms with E-state index in [0.717, 1.165) is 0 Å². The highest BCUT2D eigenvalue weighted by molar-refractivity contribution is 5.91. The SMILES string of the molecule is CC(C)c1ccc(C(C)C)c2c1[C@H]1c3c(C(C)C)ccc(C(C)C)c3[C@H]2C(OC(=O)c2ccccc2)C1OC(=O)c1ccccc1. The number of benzene rings is 4. The summed E-state index contributed by atoms with van der Waals surface area (Å²) in [5.74, 6) is -0.368. The van der Waals surface area contributed by atoms with E-state index in [4.69, 9.17) is 9.47 Å². The fourth-order valence-electron chi connectivity index (χ4n) is 7.87. The van der Waals surface area contributed by atoms with Gasteiger partial charge in [-0.15, -0.1) is 0 Å². The Bertz CT molecular complexity index is 1550. The molecule has 0 fully saturated rings. The van der Waals surface area contributed by atoms with Crippen LogP contribution in [0, 0.1) is 0 Å². The minimum Gasteiger partial charge on any atom is -0.454 e. The van der Waals surface area contributed by atoms with Crippen LogP contribution in [-0.2, 0) is 9.47 Å². The molecule has 0 saturated carbocycles. The number of esters is 2. The molecular formula is C42H46O4. The molecule has 4 aromatic carbocycles. The maximum Gasteiger partial charge on any atom is 0.338 e. The van der Waals surface area contributed by atoms with Crippen LogP contribution < -0.4 is 0 Å². The molecule has 0 heterocycles. The van der Waals surface area contributed by atoms with Crippen molar-refractivity contribution in [2.24, 2.45) is 0 Å². The van der Waals surface area contributed by atoms with E-state index in [1.165, 1.54) is 44.5 Å². The van der Waals surface area contributed by atoms with Crippen LogP contribution in [0.4, 0.5) is 0 Å². The van der Waals surface area contributed by atoms with Gasteiger partial charge in [0.25, 0.3) is 0 Å². The number of hydrogen-bond acceptors (Lipinski definition) is 4. The van der Waals surface area contributed by atoms with Gasteiger partial charge in [-0.25, -0.2) is 9.59 Å². The van der Waals surface area contributed by atoms with Crippen molar-refractivity contribution >= 4 is 11.9 Å². The van der Waals surface area contributed by atoms with Crippen molar-refractivity contribution in [3.63, 3.8) is 0 Å². The maximum absolute atomic E-state index is 13.9. The summed E-state index contributed by atoms with van der Waals surface area (Å²) in [7, 11) is 0. The molecule has 238 valence electrons. The largest absolute Gasteiger partial charge is 0.454 e. The van der Waals surface area contributed by atoms with Crippen molar-refractivity contribution in [3.8, 4) is 0 Å². The van der Waals surface area contributed by atoms with Gasteiger partial charge in [-0.3, -0.25) is 0 Å². The Hall–Kier alpha value is -4.18. The van der Waals surface area contributed by atoms with E-state index >= 15 is 0 Å². The molecule has 2 unspecified atom stereocenters. The molecule has 2 bridgehead atoms. The highest BCUT2D eigenvalue weighted by Crippen LogP contribution is 2.61. The molecule has 2 atom stereocenters. The van der Waals surface area contributed by atoms with Crippen LogP contribution in [0.3, 0.4) is 0 Å². The second-order valence-electron chi connectivity index (χ2n) is 14.2. The predicted molar refractivity (Wildman–Crippen MR) is 184 cm³/mol. The molecule has 4 heteroatoms. The third kappa shape index (κ3) is 5.36. The fraction of sp³-hybridized carbons (Fsp3) is 0.381. The van der Waals surface area contributed by atoms with Crippen LogP contribution in [0.1, 0.15) is 156 Å². The second-order valence-corrected chi connectivity index (χ2v) is 14.2. The number of carbonyl (C=O) groups excluding carboxylic acids is 2. The van der Waals surface area contributed by atoms with Crippen LogP contribution in [0.25, 0.3) is 0 Å². The Morgan fingerprint density at radius 2 is 0.696 bits per heavy atom. The van der Waals surface area contributed by atoms with E-state index in [2.05, 4.69) is 79.7 Å². The van der Waals surface area contributed by atoms with Crippen molar-refractivity contribution in [1.82, 2.24) is 0 Å². The van der Waals surface area contributed by atoms with E-state index < -0.39 is 24.1 Å². The van der Waals surface area contributed by atoms with Gasteiger partial charge >= 0.3 is 11.9 Å². The van der Waals surface area contributed by atoms with E-state index in [-0.39, 0.29) is 35.5 Å². The Kier molecular flexibility index (Phi) is 8.67. The molecule has 0 spiro atoms. The Morgan fingerprint density at radius 3 is 0.935 bits per heavy atom. The first-order chi connectivity index (χ1) is 22.0. The first kappa shape index (κ1) is 31.8. The molecule has 0 radical (unpaired) electrons. The average molecular weight is 615 g/mol. The molecule has 0 aromatic heterocycles. The minimum atomic E-state index is -0.704.